The van der Waals surface area contributed by atoms with Gasteiger partial charge in [-0.1, -0.05) is 25.0 Å². The van der Waals surface area contributed by atoms with Gasteiger partial charge in [-0.3, -0.25) is 9.69 Å². The highest BCUT2D eigenvalue weighted by atomic mass is 32.1. The van der Waals surface area contributed by atoms with Gasteiger partial charge < -0.3 is 10.1 Å². The van der Waals surface area contributed by atoms with Crippen LogP contribution < -0.4 is 10.1 Å². The minimum atomic E-state index is 0.0243. The largest absolute Gasteiger partial charge is 0.497 e. The second-order valence-corrected chi connectivity index (χ2v) is 9.25. The SMILES string of the molecule is COc1cccc(CN2CCC[C@H]([C@H](NC(=O)C3CCCC3)c3nccs3)C2)c1. The lowest BCUT2D eigenvalue weighted by Gasteiger charge is -2.37. The van der Waals surface area contributed by atoms with Crippen molar-refractivity contribution >= 4 is 17.2 Å². The molecule has 0 radical (unpaired) electrons. The summed E-state index contributed by atoms with van der Waals surface area (Å²) >= 11 is 1.66. The van der Waals surface area contributed by atoms with Crippen molar-refractivity contribution in [2.24, 2.45) is 11.8 Å². The minimum Gasteiger partial charge on any atom is -0.497 e. The number of likely N-dealkylation sites (tertiary alicyclic amines) is 1. The summed E-state index contributed by atoms with van der Waals surface area (Å²) in [6.45, 7) is 2.98. The van der Waals surface area contributed by atoms with Crippen LogP contribution in [0.4, 0.5) is 0 Å². The molecule has 4 rings (SSSR count). The molecule has 156 valence electrons. The Morgan fingerprint density at radius 2 is 2.17 bits per heavy atom. The van der Waals surface area contributed by atoms with E-state index in [4.69, 9.17) is 4.74 Å². The van der Waals surface area contributed by atoms with Gasteiger partial charge >= 0.3 is 0 Å². The number of amides is 1. The standard InChI is InChI=1S/C23H31N3O2S/c1-28-20-10-4-6-17(14-20)15-26-12-5-9-19(16-26)21(23-24-11-13-29-23)25-22(27)18-7-2-3-8-18/h4,6,10-11,13-14,18-19,21H,2-3,5,7-9,12,15-16H2,1H3,(H,25,27)/t19-,21-/m0/s1. The van der Waals surface area contributed by atoms with E-state index in [1.807, 2.05) is 17.6 Å². The van der Waals surface area contributed by atoms with E-state index in [0.717, 1.165) is 56.1 Å². The zero-order valence-electron chi connectivity index (χ0n) is 17.2. The average molecular weight is 414 g/mol. The number of carbonyl (C=O) groups excluding carboxylic acids is 1. The Morgan fingerprint density at radius 1 is 1.31 bits per heavy atom. The summed E-state index contributed by atoms with van der Waals surface area (Å²) in [5, 5.41) is 6.46. The number of ether oxygens (including phenoxy) is 1. The van der Waals surface area contributed by atoms with Gasteiger partial charge in [0, 0.05) is 30.6 Å². The molecule has 2 aliphatic rings. The molecule has 2 fully saturated rings. The van der Waals surface area contributed by atoms with Crippen molar-refractivity contribution < 1.29 is 9.53 Å². The number of benzene rings is 1. The molecule has 1 aliphatic heterocycles. The molecular formula is C23H31N3O2S. The van der Waals surface area contributed by atoms with Crippen LogP contribution in [0.15, 0.2) is 35.8 Å². The van der Waals surface area contributed by atoms with Crippen molar-refractivity contribution in [1.29, 1.82) is 0 Å². The Balaban J connectivity index is 1.44. The first-order valence-electron chi connectivity index (χ1n) is 10.8. The number of piperidine rings is 1. The number of rotatable bonds is 7. The summed E-state index contributed by atoms with van der Waals surface area (Å²) in [5.41, 5.74) is 1.27. The van der Waals surface area contributed by atoms with Crippen molar-refractivity contribution in [2.75, 3.05) is 20.2 Å². The molecule has 6 heteroatoms. The maximum atomic E-state index is 12.9. The maximum Gasteiger partial charge on any atom is 0.223 e. The van der Waals surface area contributed by atoms with E-state index in [0.29, 0.717) is 5.92 Å². The van der Waals surface area contributed by atoms with Gasteiger partial charge in [0.2, 0.25) is 5.91 Å². The topological polar surface area (TPSA) is 54.5 Å². The Labute approximate surface area is 177 Å². The van der Waals surface area contributed by atoms with E-state index >= 15 is 0 Å². The van der Waals surface area contributed by atoms with Crippen LogP contribution in [0.1, 0.15) is 55.1 Å². The first kappa shape index (κ1) is 20.4. The Morgan fingerprint density at radius 3 is 2.93 bits per heavy atom. The van der Waals surface area contributed by atoms with Crippen molar-refractivity contribution in [3.63, 3.8) is 0 Å². The molecule has 1 N–H and O–H groups in total. The van der Waals surface area contributed by atoms with Gasteiger partial charge in [0.1, 0.15) is 10.8 Å². The van der Waals surface area contributed by atoms with E-state index in [2.05, 4.69) is 33.4 Å². The third-order valence-electron chi connectivity index (χ3n) is 6.29. The molecule has 2 aromatic rings. The molecule has 29 heavy (non-hydrogen) atoms. The fourth-order valence-corrected chi connectivity index (χ4v) is 5.55. The first-order chi connectivity index (χ1) is 14.2. The lowest BCUT2D eigenvalue weighted by atomic mass is 9.90. The Hall–Kier alpha value is -1.92. The highest BCUT2D eigenvalue weighted by Gasteiger charge is 2.33. The van der Waals surface area contributed by atoms with E-state index in [-0.39, 0.29) is 17.9 Å². The summed E-state index contributed by atoms with van der Waals surface area (Å²) in [4.78, 5) is 20.0. The van der Waals surface area contributed by atoms with E-state index < -0.39 is 0 Å². The number of aromatic nitrogens is 1. The van der Waals surface area contributed by atoms with Gasteiger partial charge in [0.25, 0.3) is 0 Å². The van der Waals surface area contributed by atoms with Gasteiger partial charge in [-0.15, -0.1) is 11.3 Å². The number of hydrogen-bond donors (Lipinski definition) is 1. The van der Waals surface area contributed by atoms with Crippen molar-refractivity contribution in [2.45, 2.75) is 51.1 Å². The molecule has 0 spiro atoms. The lowest BCUT2D eigenvalue weighted by molar-refractivity contribution is -0.126. The number of methoxy groups -OCH3 is 1. The predicted octanol–water partition coefficient (Wildman–Crippen LogP) is 4.41. The average Bonchev–Trinajstić information content (AvgIpc) is 3.46. The monoisotopic (exact) mass is 413 g/mol. The summed E-state index contributed by atoms with van der Waals surface area (Å²) < 4.78 is 5.37. The molecule has 0 bridgehead atoms. The Kier molecular flexibility index (Phi) is 6.82. The van der Waals surface area contributed by atoms with Gasteiger partial charge in [-0.05, 0) is 55.8 Å². The van der Waals surface area contributed by atoms with Crippen LogP contribution in [0.2, 0.25) is 0 Å². The lowest BCUT2D eigenvalue weighted by Crippen LogP contribution is -2.43. The van der Waals surface area contributed by atoms with Crippen molar-refractivity contribution in [3.8, 4) is 5.75 Å². The molecule has 1 amide bonds. The molecule has 1 saturated carbocycles. The molecule has 5 nitrogen and oxygen atoms in total. The van der Waals surface area contributed by atoms with Gasteiger partial charge in [0.05, 0.1) is 13.2 Å². The van der Waals surface area contributed by atoms with Crippen LogP contribution in [-0.2, 0) is 11.3 Å². The minimum absolute atomic E-state index is 0.0243. The van der Waals surface area contributed by atoms with Crippen LogP contribution in [0.3, 0.4) is 0 Å². The molecule has 1 saturated heterocycles. The molecule has 1 aliphatic carbocycles. The normalized spacial score (nSPS) is 21.8. The van der Waals surface area contributed by atoms with E-state index in [1.165, 1.54) is 18.4 Å². The zero-order valence-corrected chi connectivity index (χ0v) is 18.0. The maximum absolute atomic E-state index is 12.9. The number of hydrogen-bond acceptors (Lipinski definition) is 5. The van der Waals surface area contributed by atoms with Crippen LogP contribution in [0, 0.1) is 11.8 Å². The fourth-order valence-electron chi connectivity index (χ4n) is 4.76. The van der Waals surface area contributed by atoms with Gasteiger partial charge in [0.15, 0.2) is 0 Å². The second-order valence-electron chi connectivity index (χ2n) is 8.33. The second kappa shape index (κ2) is 9.72. The van der Waals surface area contributed by atoms with Crippen molar-refractivity contribution in [3.05, 3.63) is 46.4 Å². The molecule has 1 aromatic heterocycles. The van der Waals surface area contributed by atoms with Crippen LogP contribution in [0.25, 0.3) is 0 Å². The van der Waals surface area contributed by atoms with Crippen LogP contribution >= 0.6 is 11.3 Å². The summed E-state index contributed by atoms with van der Waals surface area (Å²) in [7, 11) is 1.71. The predicted molar refractivity (Wildman–Crippen MR) is 116 cm³/mol. The van der Waals surface area contributed by atoms with Crippen LogP contribution in [0.5, 0.6) is 5.75 Å². The van der Waals surface area contributed by atoms with Crippen LogP contribution in [-0.4, -0.2) is 36.0 Å². The smallest absolute Gasteiger partial charge is 0.223 e. The van der Waals surface area contributed by atoms with Gasteiger partial charge in [-0.25, -0.2) is 4.98 Å². The summed E-state index contributed by atoms with van der Waals surface area (Å²) in [6.07, 6.45) is 8.55. The quantitative estimate of drug-likeness (QED) is 0.730. The Bertz CT molecular complexity index is 789. The van der Waals surface area contributed by atoms with E-state index in [9.17, 15) is 4.79 Å². The third kappa shape index (κ3) is 5.17. The number of nitrogens with zero attached hydrogens (tertiary/aromatic N) is 2. The van der Waals surface area contributed by atoms with E-state index in [1.54, 1.807) is 18.4 Å². The van der Waals surface area contributed by atoms with Gasteiger partial charge in [-0.2, -0.15) is 0 Å². The molecule has 2 atom stereocenters. The number of nitrogens with one attached hydrogen (secondary N) is 1. The first-order valence-corrected chi connectivity index (χ1v) is 11.7. The highest BCUT2D eigenvalue weighted by Crippen LogP contribution is 2.33. The number of thiazole rings is 1. The highest BCUT2D eigenvalue weighted by molar-refractivity contribution is 7.09. The molecule has 2 heterocycles. The fraction of sp³-hybridized carbons (Fsp3) is 0.565. The number of carbonyl (C=O) groups is 1. The molecular weight excluding hydrogens is 382 g/mol. The zero-order chi connectivity index (χ0) is 20.1. The van der Waals surface area contributed by atoms with Crippen molar-refractivity contribution in [1.82, 2.24) is 15.2 Å². The molecule has 0 unspecified atom stereocenters. The third-order valence-corrected chi connectivity index (χ3v) is 7.15. The summed E-state index contributed by atoms with van der Waals surface area (Å²) in [6, 6.07) is 8.34. The summed E-state index contributed by atoms with van der Waals surface area (Å²) in [5.74, 6) is 1.72. The molecule has 1 aromatic carbocycles.